The minimum absolute atomic E-state index is 0.584. The van der Waals surface area contributed by atoms with Crippen LogP contribution in [0.1, 0.15) is 25.3 Å². The number of nitrogens with two attached hydrogens (primary N) is 1. The highest BCUT2D eigenvalue weighted by Crippen LogP contribution is 2.20. The lowest BCUT2D eigenvalue weighted by Crippen LogP contribution is -2.44. The van der Waals surface area contributed by atoms with Crippen LogP contribution in [0.3, 0.4) is 0 Å². The summed E-state index contributed by atoms with van der Waals surface area (Å²) < 4.78 is 0. The molecule has 18 heavy (non-hydrogen) atoms. The largest absolute Gasteiger partial charge is 0.330 e. The molecule has 0 amide bonds. The first-order valence-electron chi connectivity index (χ1n) is 6.87. The summed E-state index contributed by atoms with van der Waals surface area (Å²) in [6.07, 6.45) is 3.67. The van der Waals surface area contributed by atoms with E-state index in [0.29, 0.717) is 12.0 Å². The molecule has 2 unspecified atom stereocenters. The Morgan fingerprint density at radius 2 is 2.11 bits per heavy atom. The molecule has 0 aromatic heterocycles. The Hall–Kier alpha value is -0.570. The van der Waals surface area contributed by atoms with Gasteiger partial charge < -0.3 is 10.6 Å². The van der Waals surface area contributed by atoms with Crippen LogP contribution in [0.15, 0.2) is 24.3 Å². The third kappa shape index (κ3) is 3.71. The van der Waals surface area contributed by atoms with Gasteiger partial charge in [0, 0.05) is 17.6 Å². The number of likely N-dealkylation sites (tertiary alicyclic amines) is 1. The number of hydrogen-bond acceptors (Lipinski definition) is 2. The van der Waals surface area contributed by atoms with Gasteiger partial charge in [0.1, 0.15) is 0 Å². The molecule has 0 aliphatic carbocycles. The van der Waals surface area contributed by atoms with Gasteiger partial charge in [-0.15, -0.1) is 0 Å². The average Bonchev–Trinajstić information content (AvgIpc) is 2.41. The summed E-state index contributed by atoms with van der Waals surface area (Å²) in [5.41, 5.74) is 7.16. The molecular weight excluding hydrogens is 244 g/mol. The molecule has 1 aliphatic heterocycles. The van der Waals surface area contributed by atoms with Crippen LogP contribution in [0.5, 0.6) is 0 Å². The molecule has 1 fully saturated rings. The zero-order chi connectivity index (χ0) is 13.0. The van der Waals surface area contributed by atoms with Gasteiger partial charge in [0.25, 0.3) is 0 Å². The quantitative estimate of drug-likeness (QED) is 0.908. The first-order valence-corrected chi connectivity index (χ1v) is 7.25. The van der Waals surface area contributed by atoms with Crippen molar-refractivity contribution in [3.8, 4) is 0 Å². The van der Waals surface area contributed by atoms with Crippen molar-refractivity contribution in [1.29, 1.82) is 0 Å². The van der Waals surface area contributed by atoms with Crippen LogP contribution >= 0.6 is 11.6 Å². The summed E-state index contributed by atoms with van der Waals surface area (Å²) in [5.74, 6) is 0.686. The molecule has 100 valence electrons. The maximum atomic E-state index is 5.91. The first-order chi connectivity index (χ1) is 8.69. The van der Waals surface area contributed by atoms with E-state index in [1.807, 2.05) is 12.1 Å². The molecule has 0 radical (unpaired) electrons. The van der Waals surface area contributed by atoms with E-state index in [1.54, 1.807) is 0 Å². The molecule has 2 rings (SSSR count). The van der Waals surface area contributed by atoms with Crippen molar-refractivity contribution in [2.24, 2.45) is 11.7 Å². The van der Waals surface area contributed by atoms with E-state index in [-0.39, 0.29) is 0 Å². The normalized spacial score (nSPS) is 22.9. The summed E-state index contributed by atoms with van der Waals surface area (Å²) in [6.45, 7) is 5.51. The highest BCUT2D eigenvalue weighted by molar-refractivity contribution is 6.30. The van der Waals surface area contributed by atoms with Gasteiger partial charge in [0.2, 0.25) is 0 Å². The van der Waals surface area contributed by atoms with E-state index < -0.39 is 0 Å². The Kier molecular flexibility index (Phi) is 5.04. The summed E-state index contributed by atoms with van der Waals surface area (Å²) in [5, 5.41) is 0.813. The SMILES string of the molecule is CC(Cc1ccc(Cl)cc1)N1CCCC(CN)C1. The van der Waals surface area contributed by atoms with E-state index in [4.69, 9.17) is 17.3 Å². The lowest BCUT2D eigenvalue weighted by Gasteiger charge is -2.36. The van der Waals surface area contributed by atoms with Crippen molar-refractivity contribution in [3.63, 3.8) is 0 Å². The van der Waals surface area contributed by atoms with Crippen LogP contribution in [0.4, 0.5) is 0 Å². The molecular formula is C15H23ClN2. The Morgan fingerprint density at radius 1 is 1.39 bits per heavy atom. The highest BCUT2D eigenvalue weighted by Gasteiger charge is 2.22. The molecule has 2 atom stereocenters. The second-order valence-corrected chi connectivity index (χ2v) is 5.85. The monoisotopic (exact) mass is 266 g/mol. The maximum absolute atomic E-state index is 5.91. The second kappa shape index (κ2) is 6.55. The van der Waals surface area contributed by atoms with Gasteiger partial charge in [0.15, 0.2) is 0 Å². The molecule has 1 heterocycles. The predicted octanol–water partition coefficient (Wildman–Crippen LogP) is 2.94. The number of hydrogen-bond donors (Lipinski definition) is 1. The number of halogens is 1. The smallest absolute Gasteiger partial charge is 0.0406 e. The molecule has 3 heteroatoms. The van der Waals surface area contributed by atoms with Gasteiger partial charge in [-0.05, 0) is 62.9 Å². The number of rotatable bonds is 4. The summed E-state index contributed by atoms with van der Waals surface area (Å²) in [7, 11) is 0. The fourth-order valence-corrected chi connectivity index (χ4v) is 2.91. The molecule has 1 aliphatic rings. The number of piperidine rings is 1. The van der Waals surface area contributed by atoms with Crippen LogP contribution < -0.4 is 5.73 Å². The summed E-state index contributed by atoms with van der Waals surface area (Å²) in [4.78, 5) is 2.58. The maximum Gasteiger partial charge on any atom is 0.0406 e. The zero-order valence-electron chi connectivity index (χ0n) is 11.1. The average molecular weight is 267 g/mol. The first kappa shape index (κ1) is 13.9. The lowest BCUT2D eigenvalue weighted by atomic mass is 9.95. The van der Waals surface area contributed by atoms with Crippen LogP contribution in [0.2, 0.25) is 5.02 Å². The van der Waals surface area contributed by atoms with Crippen molar-refractivity contribution in [1.82, 2.24) is 4.90 Å². The zero-order valence-corrected chi connectivity index (χ0v) is 11.9. The van der Waals surface area contributed by atoms with Gasteiger partial charge in [-0.2, -0.15) is 0 Å². The Bertz CT molecular complexity index is 363. The van der Waals surface area contributed by atoms with Crippen molar-refractivity contribution in [2.45, 2.75) is 32.2 Å². The summed E-state index contributed by atoms with van der Waals surface area (Å²) in [6, 6.07) is 8.79. The van der Waals surface area contributed by atoms with Crippen molar-refractivity contribution in [2.75, 3.05) is 19.6 Å². The molecule has 0 spiro atoms. The highest BCUT2D eigenvalue weighted by atomic mass is 35.5. The van der Waals surface area contributed by atoms with Crippen LogP contribution in [-0.2, 0) is 6.42 Å². The van der Waals surface area contributed by atoms with Gasteiger partial charge in [-0.25, -0.2) is 0 Å². The van der Waals surface area contributed by atoms with Crippen molar-refractivity contribution < 1.29 is 0 Å². The molecule has 0 saturated carbocycles. The molecule has 2 nitrogen and oxygen atoms in total. The molecule has 2 N–H and O–H groups in total. The fraction of sp³-hybridized carbons (Fsp3) is 0.600. The third-order valence-corrected chi connectivity index (χ3v) is 4.20. The fourth-order valence-electron chi connectivity index (χ4n) is 2.78. The number of nitrogens with zero attached hydrogens (tertiary/aromatic N) is 1. The topological polar surface area (TPSA) is 29.3 Å². The minimum Gasteiger partial charge on any atom is -0.330 e. The van der Waals surface area contributed by atoms with Crippen molar-refractivity contribution >= 4 is 11.6 Å². The Balaban J connectivity index is 1.90. The third-order valence-electron chi connectivity index (χ3n) is 3.95. The van der Waals surface area contributed by atoms with E-state index >= 15 is 0 Å². The molecule has 1 saturated heterocycles. The molecule has 1 aromatic rings. The van der Waals surface area contributed by atoms with E-state index in [0.717, 1.165) is 24.5 Å². The lowest BCUT2D eigenvalue weighted by molar-refractivity contribution is 0.134. The van der Waals surface area contributed by atoms with Gasteiger partial charge in [-0.3, -0.25) is 0 Å². The van der Waals surface area contributed by atoms with Crippen LogP contribution in [0, 0.1) is 5.92 Å². The van der Waals surface area contributed by atoms with Crippen LogP contribution in [0.25, 0.3) is 0 Å². The second-order valence-electron chi connectivity index (χ2n) is 5.42. The predicted molar refractivity (Wildman–Crippen MR) is 78.0 cm³/mol. The van der Waals surface area contributed by atoms with Crippen LogP contribution in [-0.4, -0.2) is 30.6 Å². The standard InChI is InChI=1S/C15H23ClN2/c1-12(9-13-4-6-15(16)7-5-13)18-8-2-3-14(10-17)11-18/h4-7,12,14H,2-3,8-11,17H2,1H3. The Labute approximate surface area is 115 Å². The number of benzene rings is 1. The van der Waals surface area contributed by atoms with E-state index in [2.05, 4.69) is 24.0 Å². The Morgan fingerprint density at radius 3 is 2.78 bits per heavy atom. The molecule has 1 aromatic carbocycles. The van der Waals surface area contributed by atoms with E-state index in [1.165, 1.54) is 24.9 Å². The van der Waals surface area contributed by atoms with Crippen molar-refractivity contribution in [3.05, 3.63) is 34.9 Å². The minimum atomic E-state index is 0.584. The summed E-state index contributed by atoms with van der Waals surface area (Å²) >= 11 is 5.91. The molecule has 0 bridgehead atoms. The van der Waals surface area contributed by atoms with E-state index in [9.17, 15) is 0 Å². The van der Waals surface area contributed by atoms with Gasteiger partial charge >= 0.3 is 0 Å². The van der Waals surface area contributed by atoms with Gasteiger partial charge in [0.05, 0.1) is 0 Å². The van der Waals surface area contributed by atoms with Gasteiger partial charge in [-0.1, -0.05) is 23.7 Å².